The third-order valence-electron chi connectivity index (χ3n) is 6.34. The highest BCUT2D eigenvalue weighted by molar-refractivity contribution is 7.89. The van der Waals surface area contributed by atoms with Crippen LogP contribution < -0.4 is 25.0 Å². The number of aryl methyl sites for hydroxylation is 1. The summed E-state index contributed by atoms with van der Waals surface area (Å²) in [5, 5.41) is 28.0. The monoisotopic (exact) mass is 561 g/mol. The number of hydrogen-bond donors (Lipinski definition) is 4. The fraction of sp³-hybridized carbons (Fsp3) is 0.391. The van der Waals surface area contributed by atoms with Crippen LogP contribution in [-0.4, -0.2) is 71.9 Å². The second-order valence-corrected chi connectivity index (χ2v) is 11.6. The van der Waals surface area contributed by atoms with Crippen molar-refractivity contribution in [2.45, 2.75) is 37.3 Å². The number of fused-ring (bicyclic) bond motifs is 1. The van der Waals surface area contributed by atoms with E-state index in [2.05, 4.69) is 10.3 Å². The number of nitrogens with zero attached hydrogens (tertiary/aromatic N) is 5. The van der Waals surface area contributed by atoms with Gasteiger partial charge in [-0.05, 0) is 37.5 Å². The first kappa shape index (κ1) is 26.1. The molecule has 13 nitrogen and oxygen atoms in total. The zero-order valence-corrected chi connectivity index (χ0v) is 22.1. The zero-order valence-electron chi connectivity index (χ0n) is 20.5. The van der Waals surface area contributed by atoms with Crippen molar-refractivity contribution in [3.63, 3.8) is 0 Å². The van der Waals surface area contributed by atoms with E-state index in [1.54, 1.807) is 19.1 Å². The number of rotatable bonds is 7. The number of hydrogen-bond acceptors (Lipinski definition) is 12. The molecular formula is C23H27N7O6S2. The van der Waals surface area contributed by atoms with Gasteiger partial charge in [0.25, 0.3) is 0 Å². The normalized spacial score (nSPS) is 16.2. The van der Waals surface area contributed by atoms with Crippen molar-refractivity contribution >= 4 is 50.0 Å². The van der Waals surface area contributed by atoms with Crippen LogP contribution in [0.5, 0.6) is 5.75 Å². The molecule has 1 fully saturated rings. The maximum atomic E-state index is 11.6. The first-order valence-corrected chi connectivity index (χ1v) is 14.3. The lowest BCUT2D eigenvalue weighted by molar-refractivity contribution is 0.0701. The van der Waals surface area contributed by atoms with Crippen molar-refractivity contribution in [2.24, 2.45) is 5.14 Å². The van der Waals surface area contributed by atoms with Gasteiger partial charge in [-0.15, -0.1) is 0 Å². The Hall–Kier alpha value is -3.53. The number of benzene rings is 1. The number of carboxylic acids is 1. The highest BCUT2D eigenvalue weighted by atomic mass is 32.2. The molecule has 0 unspecified atom stereocenters. The minimum atomic E-state index is -3.79. The number of aromatic nitrogens is 3. The number of primary sulfonamides is 1. The number of ether oxygens (including phenoxy) is 1. The molecule has 0 spiro atoms. The Labute approximate surface area is 223 Å². The Morgan fingerprint density at radius 1 is 1.16 bits per heavy atom. The van der Waals surface area contributed by atoms with E-state index in [1.165, 1.54) is 12.1 Å². The van der Waals surface area contributed by atoms with E-state index >= 15 is 0 Å². The van der Waals surface area contributed by atoms with E-state index in [1.807, 2.05) is 9.80 Å². The first-order chi connectivity index (χ1) is 18.1. The van der Waals surface area contributed by atoms with Crippen LogP contribution in [0, 0.1) is 6.92 Å². The number of piperidine rings is 1. The first-order valence-electron chi connectivity index (χ1n) is 11.9. The summed E-state index contributed by atoms with van der Waals surface area (Å²) in [6, 6.07) is 6.34. The third-order valence-corrected chi connectivity index (χ3v) is 8.33. The molecule has 3 aromatic rings. The molecule has 5 rings (SSSR count). The van der Waals surface area contributed by atoms with Gasteiger partial charge < -0.3 is 24.7 Å². The lowest BCUT2D eigenvalue weighted by Crippen LogP contribution is -2.39. The smallest absolute Gasteiger partial charge is 0.347 e. The lowest BCUT2D eigenvalue weighted by atomic mass is 10.1. The predicted octanol–water partition coefficient (Wildman–Crippen LogP) is 1.69. The Balaban J connectivity index is 1.50. The molecule has 202 valence electrons. The number of carboxylic acid groups (broad SMARTS) is 1. The molecule has 5 N–H and O–H groups in total. The number of thiazole rings is 1. The number of nitrogens with two attached hydrogens (primary N) is 1. The molecule has 1 aromatic carbocycles. The Bertz CT molecular complexity index is 1450. The van der Waals surface area contributed by atoms with Gasteiger partial charge in [-0.2, -0.15) is 9.97 Å². The molecule has 2 aromatic heterocycles. The minimum Gasteiger partial charge on any atom is -0.485 e. The summed E-state index contributed by atoms with van der Waals surface area (Å²) in [7, 11) is -3.79. The molecule has 0 bridgehead atoms. The summed E-state index contributed by atoms with van der Waals surface area (Å²) in [4.78, 5) is 29.4. The quantitative estimate of drug-likeness (QED) is 0.328. The standard InChI is InChI=1S/C23H27N7O6S2/c1-13-18(21(32)33)37-23(25-13)28-22-26-19(29-8-6-15(31)7-9-29)17-20(27-22)30(10-11-36-17)12-14-2-4-16(5-3-14)38(24,34)35/h2-5,15,31H,6-12H2,1H3,(H,32,33)(H2,24,34,35)(H,25,26,27,28). The molecule has 0 amide bonds. The van der Waals surface area contributed by atoms with Crippen LogP contribution in [0.1, 0.15) is 33.8 Å². The minimum absolute atomic E-state index is 0.0338. The SMILES string of the molecule is Cc1nc(Nc2nc(N3CCC(O)CC3)c3c(n2)N(Cc2ccc(S(N)(=O)=O)cc2)CCO3)sc1C(=O)O. The molecule has 15 heteroatoms. The number of aliphatic hydroxyl groups excluding tert-OH is 1. The summed E-state index contributed by atoms with van der Waals surface area (Å²) < 4.78 is 29.3. The van der Waals surface area contributed by atoms with Gasteiger partial charge in [0, 0.05) is 19.6 Å². The molecule has 2 aliphatic rings. The van der Waals surface area contributed by atoms with Crippen molar-refractivity contribution in [1.82, 2.24) is 15.0 Å². The van der Waals surface area contributed by atoms with Crippen LogP contribution in [0.25, 0.3) is 0 Å². The third kappa shape index (κ3) is 5.50. The lowest BCUT2D eigenvalue weighted by Gasteiger charge is -2.36. The topological polar surface area (TPSA) is 184 Å². The number of sulfonamides is 1. The second kappa shape index (κ2) is 10.3. The maximum absolute atomic E-state index is 11.6. The van der Waals surface area contributed by atoms with E-state index in [-0.39, 0.29) is 21.8 Å². The number of nitrogens with one attached hydrogen (secondary N) is 1. The van der Waals surface area contributed by atoms with E-state index < -0.39 is 16.0 Å². The Kier molecular flexibility index (Phi) is 7.09. The largest absolute Gasteiger partial charge is 0.485 e. The highest BCUT2D eigenvalue weighted by Crippen LogP contribution is 2.41. The number of carbonyl (C=O) groups is 1. The average molecular weight is 562 g/mol. The van der Waals surface area contributed by atoms with Gasteiger partial charge >= 0.3 is 5.97 Å². The van der Waals surface area contributed by atoms with E-state index in [4.69, 9.17) is 19.8 Å². The average Bonchev–Trinajstić information content (AvgIpc) is 3.24. The molecule has 4 heterocycles. The van der Waals surface area contributed by atoms with Crippen LogP contribution in [-0.2, 0) is 16.6 Å². The molecule has 0 atom stereocenters. The highest BCUT2D eigenvalue weighted by Gasteiger charge is 2.30. The maximum Gasteiger partial charge on any atom is 0.347 e. The summed E-state index contributed by atoms with van der Waals surface area (Å²) >= 11 is 0.996. The van der Waals surface area contributed by atoms with Crippen LogP contribution in [0.3, 0.4) is 0 Å². The van der Waals surface area contributed by atoms with Gasteiger partial charge in [0.05, 0.1) is 23.2 Å². The molecule has 38 heavy (non-hydrogen) atoms. The summed E-state index contributed by atoms with van der Waals surface area (Å²) in [6.07, 6.45) is 0.817. The second-order valence-electron chi connectivity index (χ2n) is 9.06. The zero-order chi connectivity index (χ0) is 27.0. The van der Waals surface area contributed by atoms with Gasteiger partial charge in [-0.3, -0.25) is 5.32 Å². The van der Waals surface area contributed by atoms with Gasteiger partial charge in [-0.25, -0.2) is 23.3 Å². The Morgan fingerprint density at radius 2 is 1.84 bits per heavy atom. The van der Waals surface area contributed by atoms with Crippen molar-refractivity contribution in [1.29, 1.82) is 0 Å². The van der Waals surface area contributed by atoms with E-state index in [9.17, 15) is 23.4 Å². The van der Waals surface area contributed by atoms with E-state index in [0.717, 1.165) is 16.9 Å². The van der Waals surface area contributed by atoms with Crippen molar-refractivity contribution in [3.05, 3.63) is 40.4 Å². The Morgan fingerprint density at radius 3 is 2.47 bits per heavy atom. The van der Waals surface area contributed by atoms with Crippen LogP contribution >= 0.6 is 11.3 Å². The molecule has 0 aliphatic carbocycles. The van der Waals surface area contributed by atoms with Crippen LogP contribution in [0.4, 0.5) is 22.7 Å². The summed E-state index contributed by atoms with van der Waals surface area (Å²) in [5.41, 5.74) is 1.24. The van der Waals surface area contributed by atoms with Crippen LogP contribution in [0.2, 0.25) is 0 Å². The van der Waals surface area contributed by atoms with Crippen molar-refractivity contribution in [2.75, 3.05) is 41.4 Å². The molecule has 0 saturated carbocycles. The van der Waals surface area contributed by atoms with Crippen molar-refractivity contribution in [3.8, 4) is 5.75 Å². The van der Waals surface area contributed by atoms with Crippen LogP contribution in [0.15, 0.2) is 29.2 Å². The van der Waals surface area contributed by atoms with Gasteiger partial charge in [0.2, 0.25) is 21.7 Å². The summed E-state index contributed by atoms with van der Waals surface area (Å²) in [5.74, 6) is 0.805. The number of aromatic carboxylic acids is 1. The number of aliphatic hydroxyl groups is 1. The molecule has 0 radical (unpaired) electrons. The molecule has 1 saturated heterocycles. The van der Waals surface area contributed by atoms with Gasteiger partial charge in [-0.1, -0.05) is 23.5 Å². The van der Waals surface area contributed by atoms with E-state index in [0.29, 0.717) is 73.8 Å². The number of anilines is 4. The fourth-order valence-electron chi connectivity index (χ4n) is 4.39. The van der Waals surface area contributed by atoms with Gasteiger partial charge in [0.15, 0.2) is 16.8 Å². The van der Waals surface area contributed by atoms with Crippen molar-refractivity contribution < 1.29 is 28.2 Å². The molecule has 2 aliphatic heterocycles. The van der Waals surface area contributed by atoms with Gasteiger partial charge in [0.1, 0.15) is 11.5 Å². The summed E-state index contributed by atoms with van der Waals surface area (Å²) in [6.45, 7) is 4.15. The predicted molar refractivity (Wildman–Crippen MR) is 141 cm³/mol. The molecular weight excluding hydrogens is 534 g/mol. The fourth-order valence-corrected chi connectivity index (χ4v) is 5.70.